The van der Waals surface area contributed by atoms with Crippen molar-refractivity contribution in [3.63, 3.8) is 0 Å². The molecule has 0 atom stereocenters. The molecular weight excluding hydrogens is 214 g/mol. The van der Waals surface area contributed by atoms with Crippen LogP contribution in [0.4, 0.5) is 5.69 Å². The Balaban J connectivity index is 2.64. The van der Waals surface area contributed by atoms with Gasteiger partial charge in [-0.15, -0.1) is 0 Å². The largest absolute Gasteiger partial charge is 0.392 e. The number of nitrogens with zero attached hydrogens (tertiary/aromatic N) is 2. The second-order valence-electron chi connectivity index (χ2n) is 4.08. The van der Waals surface area contributed by atoms with E-state index in [0.717, 1.165) is 17.7 Å². The summed E-state index contributed by atoms with van der Waals surface area (Å²) >= 11 is 0. The van der Waals surface area contributed by atoms with Crippen molar-refractivity contribution in [2.45, 2.75) is 19.9 Å². The highest BCUT2D eigenvalue weighted by atomic mass is 16.1. The van der Waals surface area contributed by atoms with Gasteiger partial charge in [0.15, 0.2) is 0 Å². The molecule has 2 rings (SSSR count). The fraction of sp³-hybridized carbons (Fsp3) is 0.308. The summed E-state index contributed by atoms with van der Waals surface area (Å²) in [5.41, 5.74) is 7.90. The van der Waals surface area contributed by atoms with Crippen molar-refractivity contribution in [1.82, 2.24) is 9.36 Å². The van der Waals surface area contributed by atoms with Crippen LogP contribution in [0, 0.1) is 0 Å². The summed E-state index contributed by atoms with van der Waals surface area (Å²) in [5.74, 6) is 0. The predicted octanol–water partition coefficient (Wildman–Crippen LogP) is 1.85. The lowest BCUT2D eigenvalue weighted by Gasteiger charge is -2.08. The van der Waals surface area contributed by atoms with Crippen LogP contribution in [0.3, 0.4) is 0 Å². The van der Waals surface area contributed by atoms with Gasteiger partial charge in [-0.1, -0.05) is 37.3 Å². The van der Waals surface area contributed by atoms with Crippen LogP contribution in [-0.2, 0) is 13.6 Å². The molecule has 0 saturated heterocycles. The van der Waals surface area contributed by atoms with E-state index in [2.05, 4.69) is 0 Å². The van der Waals surface area contributed by atoms with Crippen molar-refractivity contribution in [3.05, 3.63) is 40.7 Å². The first kappa shape index (κ1) is 11.5. The molecule has 1 heterocycles. The molecule has 2 N–H and O–H groups in total. The van der Waals surface area contributed by atoms with Crippen molar-refractivity contribution in [3.8, 4) is 11.3 Å². The van der Waals surface area contributed by atoms with E-state index in [9.17, 15) is 4.79 Å². The zero-order valence-electron chi connectivity index (χ0n) is 10.2. The Morgan fingerprint density at radius 3 is 2.47 bits per heavy atom. The third-order valence-corrected chi connectivity index (χ3v) is 2.89. The average molecular weight is 231 g/mol. The number of aromatic nitrogens is 2. The van der Waals surface area contributed by atoms with Crippen LogP contribution in [0.15, 0.2) is 35.1 Å². The van der Waals surface area contributed by atoms with Gasteiger partial charge in [0.05, 0.1) is 5.69 Å². The number of nitrogens with two attached hydrogens (primary N) is 1. The highest BCUT2D eigenvalue weighted by molar-refractivity contribution is 5.72. The third kappa shape index (κ3) is 1.86. The van der Waals surface area contributed by atoms with Crippen molar-refractivity contribution in [1.29, 1.82) is 0 Å². The molecule has 0 aliphatic rings. The van der Waals surface area contributed by atoms with Gasteiger partial charge in [0.25, 0.3) is 5.56 Å². The van der Waals surface area contributed by atoms with Crippen LogP contribution < -0.4 is 11.3 Å². The first-order valence-corrected chi connectivity index (χ1v) is 5.77. The molecule has 4 heteroatoms. The molecule has 0 aliphatic carbocycles. The quantitative estimate of drug-likeness (QED) is 0.876. The number of hydrogen-bond donors (Lipinski definition) is 1. The maximum atomic E-state index is 12.0. The number of benzene rings is 1. The van der Waals surface area contributed by atoms with Gasteiger partial charge in [0.2, 0.25) is 0 Å². The van der Waals surface area contributed by atoms with E-state index in [1.807, 2.05) is 49.0 Å². The molecule has 0 fully saturated rings. The molecular formula is C13H17N3O. The average Bonchev–Trinajstić information content (AvgIpc) is 2.55. The molecule has 0 bridgehead atoms. The highest BCUT2D eigenvalue weighted by Gasteiger charge is 2.15. The minimum absolute atomic E-state index is 0.104. The van der Waals surface area contributed by atoms with Crippen LogP contribution in [0.5, 0.6) is 0 Å². The van der Waals surface area contributed by atoms with Gasteiger partial charge in [-0.3, -0.25) is 9.48 Å². The van der Waals surface area contributed by atoms with Crippen LogP contribution in [0.25, 0.3) is 11.3 Å². The number of rotatable bonds is 3. The van der Waals surface area contributed by atoms with E-state index in [4.69, 9.17) is 5.73 Å². The summed E-state index contributed by atoms with van der Waals surface area (Å²) in [6, 6.07) is 9.75. The van der Waals surface area contributed by atoms with Crippen LogP contribution in [0.2, 0.25) is 0 Å². The lowest BCUT2D eigenvalue weighted by Crippen LogP contribution is -2.22. The summed E-state index contributed by atoms with van der Waals surface area (Å²) in [6.07, 6.45) is 0.908. The smallest absolute Gasteiger partial charge is 0.290 e. The summed E-state index contributed by atoms with van der Waals surface area (Å²) in [5, 5.41) is 0. The molecule has 0 radical (unpaired) electrons. The zero-order chi connectivity index (χ0) is 12.4. The summed E-state index contributed by atoms with van der Waals surface area (Å²) in [7, 11) is 1.87. The molecule has 0 saturated carbocycles. The summed E-state index contributed by atoms with van der Waals surface area (Å²) in [4.78, 5) is 12.0. The van der Waals surface area contributed by atoms with Gasteiger partial charge in [-0.2, -0.15) is 0 Å². The molecule has 90 valence electrons. The SMILES string of the molecule is CCCn1c(=O)c(N)c(-c2ccccc2)n1C. The Bertz CT molecular complexity index is 566. The maximum absolute atomic E-state index is 12.0. The normalized spacial score (nSPS) is 10.7. The maximum Gasteiger partial charge on any atom is 0.290 e. The third-order valence-electron chi connectivity index (χ3n) is 2.89. The Labute approximate surface area is 100 Å². The fourth-order valence-electron chi connectivity index (χ4n) is 2.07. The lowest BCUT2D eigenvalue weighted by molar-refractivity contribution is 0.493. The number of nitrogen functional groups attached to an aromatic ring is 1. The second-order valence-corrected chi connectivity index (χ2v) is 4.08. The van der Waals surface area contributed by atoms with Crippen molar-refractivity contribution in [2.75, 3.05) is 5.73 Å². The molecule has 1 aromatic carbocycles. The van der Waals surface area contributed by atoms with E-state index < -0.39 is 0 Å². The van der Waals surface area contributed by atoms with Crippen molar-refractivity contribution < 1.29 is 0 Å². The Hall–Kier alpha value is -1.97. The van der Waals surface area contributed by atoms with E-state index in [0.29, 0.717) is 12.2 Å². The minimum atomic E-state index is -0.104. The van der Waals surface area contributed by atoms with Crippen LogP contribution in [-0.4, -0.2) is 9.36 Å². The van der Waals surface area contributed by atoms with E-state index in [-0.39, 0.29) is 5.56 Å². The molecule has 0 aliphatic heterocycles. The fourth-order valence-corrected chi connectivity index (χ4v) is 2.07. The van der Waals surface area contributed by atoms with Gasteiger partial charge < -0.3 is 5.73 Å². The van der Waals surface area contributed by atoms with E-state index >= 15 is 0 Å². The van der Waals surface area contributed by atoms with Gasteiger partial charge in [-0.25, -0.2) is 4.68 Å². The molecule has 0 unspecified atom stereocenters. The molecule has 0 spiro atoms. The van der Waals surface area contributed by atoms with E-state index in [1.54, 1.807) is 4.68 Å². The standard InChI is InChI=1S/C13H17N3O/c1-3-9-16-13(17)11(14)12(15(16)2)10-7-5-4-6-8-10/h4-8H,3,9,14H2,1-2H3. The van der Waals surface area contributed by atoms with Crippen molar-refractivity contribution in [2.24, 2.45) is 7.05 Å². The summed E-state index contributed by atoms with van der Waals surface area (Å²) < 4.78 is 3.52. The van der Waals surface area contributed by atoms with Crippen LogP contribution in [0.1, 0.15) is 13.3 Å². The Morgan fingerprint density at radius 2 is 1.88 bits per heavy atom. The summed E-state index contributed by atoms with van der Waals surface area (Å²) in [6.45, 7) is 2.73. The number of hydrogen-bond acceptors (Lipinski definition) is 2. The molecule has 2 aromatic rings. The first-order chi connectivity index (χ1) is 8.16. The molecule has 0 amide bonds. The molecule has 1 aromatic heterocycles. The van der Waals surface area contributed by atoms with Gasteiger partial charge >= 0.3 is 0 Å². The molecule has 4 nitrogen and oxygen atoms in total. The Kier molecular flexibility index (Phi) is 3.04. The van der Waals surface area contributed by atoms with Gasteiger partial charge in [-0.05, 0) is 6.42 Å². The zero-order valence-corrected chi connectivity index (χ0v) is 10.2. The van der Waals surface area contributed by atoms with Crippen molar-refractivity contribution >= 4 is 5.69 Å². The highest BCUT2D eigenvalue weighted by Crippen LogP contribution is 2.22. The van der Waals surface area contributed by atoms with Gasteiger partial charge in [0, 0.05) is 19.2 Å². The van der Waals surface area contributed by atoms with Gasteiger partial charge in [0.1, 0.15) is 5.69 Å². The Morgan fingerprint density at radius 1 is 1.24 bits per heavy atom. The first-order valence-electron chi connectivity index (χ1n) is 5.77. The lowest BCUT2D eigenvalue weighted by atomic mass is 10.1. The second kappa shape index (κ2) is 4.49. The predicted molar refractivity (Wildman–Crippen MR) is 69.8 cm³/mol. The van der Waals surface area contributed by atoms with Crippen LogP contribution >= 0.6 is 0 Å². The molecule has 17 heavy (non-hydrogen) atoms. The topological polar surface area (TPSA) is 52.9 Å². The van der Waals surface area contributed by atoms with E-state index in [1.165, 1.54) is 0 Å². The monoisotopic (exact) mass is 231 g/mol. The number of anilines is 1. The minimum Gasteiger partial charge on any atom is -0.392 e.